The van der Waals surface area contributed by atoms with Crippen LogP contribution >= 0.6 is 0 Å². The standard InChI is InChI=1S/C15H17NO3/c17-11-13(18)10-16-12-5-4-8-15(9-12)19-14-6-2-1-3-7-14/h1-9,13,16-18H,10-11H2/t13-/m0/s1. The molecule has 2 aromatic rings. The number of hydrogen-bond acceptors (Lipinski definition) is 4. The lowest BCUT2D eigenvalue weighted by molar-refractivity contribution is 0.105. The maximum absolute atomic E-state index is 9.28. The van der Waals surface area contributed by atoms with Gasteiger partial charge >= 0.3 is 0 Å². The number of ether oxygens (including phenoxy) is 1. The quantitative estimate of drug-likeness (QED) is 0.744. The van der Waals surface area contributed by atoms with Crippen LogP contribution in [0.5, 0.6) is 11.5 Å². The third-order valence-electron chi connectivity index (χ3n) is 2.57. The normalized spacial score (nSPS) is 11.9. The summed E-state index contributed by atoms with van der Waals surface area (Å²) in [6.07, 6.45) is -0.765. The molecule has 0 unspecified atom stereocenters. The summed E-state index contributed by atoms with van der Waals surface area (Å²) in [7, 11) is 0. The first-order valence-electron chi connectivity index (χ1n) is 6.13. The molecule has 0 aliphatic heterocycles. The lowest BCUT2D eigenvalue weighted by atomic mass is 10.2. The summed E-state index contributed by atoms with van der Waals surface area (Å²) in [6.45, 7) is 0.0402. The molecule has 0 radical (unpaired) electrons. The topological polar surface area (TPSA) is 61.7 Å². The third-order valence-corrected chi connectivity index (χ3v) is 2.57. The fraction of sp³-hybridized carbons (Fsp3) is 0.200. The first-order valence-corrected chi connectivity index (χ1v) is 6.13. The van der Waals surface area contributed by atoms with E-state index < -0.39 is 6.10 Å². The summed E-state index contributed by atoms with van der Waals surface area (Å²) < 4.78 is 5.70. The van der Waals surface area contributed by atoms with Crippen molar-refractivity contribution in [3.8, 4) is 11.5 Å². The number of benzene rings is 2. The first-order chi connectivity index (χ1) is 9.28. The van der Waals surface area contributed by atoms with Crippen molar-refractivity contribution >= 4 is 5.69 Å². The van der Waals surface area contributed by atoms with Gasteiger partial charge in [-0.1, -0.05) is 24.3 Å². The van der Waals surface area contributed by atoms with Crippen LogP contribution in [-0.2, 0) is 0 Å². The van der Waals surface area contributed by atoms with Gasteiger partial charge in [-0.05, 0) is 24.3 Å². The van der Waals surface area contributed by atoms with E-state index in [4.69, 9.17) is 9.84 Å². The largest absolute Gasteiger partial charge is 0.457 e. The molecule has 0 aliphatic carbocycles. The monoisotopic (exact) mass is 259 g/mol. The van der Waals surface area contributed by atoms with Gasteiger partial charge in [0.1, 0.15) is 11.5 Å². The number of anilines is 1. The molecular formula is C15H17NO3. The third kappa shape index (κ3) is 4.28. The Morgan fingerprint density at radius 3 is 2.47 bits per heavy atom. The van der Waals surface area contributed by atoms with Gasteiger partial charge in [0.2, 0.25) is 0 Å². The second kappa shape index (κ2) is 6.78. The summed E-state index contributed by atoms with van der Waals surface area (Å²) in [5.41, 5.74) is 0.834. The highest BCUT2D eigenvalue weighted by Gasteiger charge is 2.02. The Morgan fingerprint density at radius 1 is 1.00 bits per heavy atom. The fourth-order valence-corrected chi connectivity index (χ4v) is 1.59. The molecule has 1 atom stereocenters. The molecule has 0 saturated carbocycles. The Morgan fingerprint density at radius 2 is 1.74 bits per heavy atom. The second-order valence-corrected chi connectivity index (χ2v) is 4.16. The van der Waals surface area contributed by atoms with Crippen LogP contribution in [0.3, 0.4) is 0 Å². The summed E-state index contributed by atoms with van der Waals surface area (Å²) in [6, 6.07) is 17.0. The maximum atomic E-state index is 9.28. The van der Waals surface area contributed by atoms with Gasteiger partial charge in [0.15, 0.2) is 0 Å². The number of para-hydroxylation sites is 1. The molecule has 3 N–H and O–H groups in total. The van der Waals surface area contributed by atoms with Crippen molar-refractivity contribution in [2.45, 2.75) is 6.10 Å². The summed E-state index contributed by atoms with van der Waals surface area (Å²) in [5.74, 6) is 1.49. The predicted molar refractivity (Wildman–Crippen MR) is 74.5 cm³/mol. The van der Waals surface area contributed by atoms with Crippen LogP contribution in [0, 0.1) is 0 Å². The van der Waals surface area contributed by atoms with Gasteiger partial charge in [-0.25, -0.2) is 0 Å². The van der Waals surface area contributed by atoms with Crippen LogP contribution in [0.15, 0.2) is 54.6 Å². The Kier molecular flexibility index (Phi) is 4.78. The smallest absolute Gasteiger partial charge is 0.129 e. The van der Waals surface area contributed by atoms with E-state index in [-0.39, 0.29) is 6.61 Å². The summed E-state index contributed by atoms with van der Waals surface area (Å²) in [5, 5.41) is 21.1. The van der Waals surface area contributed by atoms with Crippen molar-refractivity contribution in [3.05, 3.63) is 54.6 Å². The van der Waals surface area contributed by atoms with E-state index in [9.17, 15) is 5.11 Å². The van der Waals surface area contributed by atoms with Gasteiger partial charge in [-0.2, -0.15) is 0 Å². The number of rotatable bonds is 6. The fourth-order valence-electron chi connectivity index (χ4n) is 1.59. The van der Waals surface area contributed by atoms with E-state index in [0.717, 1.165) is 17.2 Å². The Bertz CT molecular complexity index is 502. The SMILES string of the molecule is OC[C@@H](O)CNc1cccc(Oc2ccccc2)c1. The van der Waals surface area contributed by atoms with Gasteiger partial charge in [0, 0.05) is 18.3 Å². The zero-order valence-electron chi connectivity index (χ0n) is 10.5. The lowest BCUT2D eigenvalue weighted by Crippen LogP contribution is -2.22. The Balaban J connectivity index is 1.99. The van der Waals surface area contributed by atoms with E-state index in [1.54, 1.807) is 0 Å². The van der Waals surface area contributed by atoms with Crippen LogP contribution < -0.4 is 10.1 Å². The van der Waals surface area contributed by atoms with Gasteiger partial charge < -0.3 is 20.3 Å². The highest BCUT2D eigenvalue weighted by molar-refractivity contribution is 5.49. The molecule has 2 rings (SSSR count). The first kappa shape index (κ1) is 13.4. The molecule has 2 aromatic carbocycles. The maximum Gasteiger partial charge on any atom is 0.129 e. The van der Waals surface area contributed by atoms with Crippen molar-refractivity contribution < 1.29 is 14.9 Å². The molecule has 0 aromatic heterocycles. The molecule has 19 heavy (non-hydrogen) atoms. The van der Waals surface area contributed by atoms with E-state index in [1.807, 2.05) is 54.6 Å². The van der Waals surface area contributed by atoms with Crippen molar-refractivity contribution in [1.82, 2.24) is 0 Å². The molecular weight excluding hydrogens is 242 g/mol. The van der Waals surface area contributed by atoms with Gasteiger partial charge in [-0.3, -0.25) is 0 Å². The highest BCUT2D eigenvalue weighted by Crippen LogP contribution is 2.23. The molecule has 0 amide bonds. The molecule has 4 heteroatoms. The van der Waals surface area contributed by atoms with Crippen LogP contribution in [-0.4, -0.2) is 29.5 Å². The van der Waals surface area contributed by atoms with E-state index >= 15 is 0 Å². The molecule has 0 aliphatic rings. The Hall–Kier alpha value is -2.04. The van der Waals surface area contributed by atoms with Gasteiger partial charge in [-0.15, -0.1) is 0 Å². The zero-order valence-corrected chi connectivity index (χ0v) is 10.5. The van der Waals surface area contributed by atoms with Crippen LogP contribution in [0.2, 0.25) is 0 Å². The Labute approximate surface area is 112 Å². The van der Waals surface area contributed by atoms with Crippen molar-refractivity contribution in [2.24, 2.45) is 0 Å². The van der Waals surface area contributed by atoms with Crippen LogP contribution in [0.25, 0.3) is 0 Å². The van der Waals surface area contributed by atoms with Crippen molar-refractivity contribution in [3.63, 3.8) is 0 Å². The number of hydrogen-bond donors (Lipinski definition) is 3. The molecule has 100 valence electrons. The van der Waals surface area contributed by atoms with Gasteiger partial charge in [0.05, 0.1) is 12.7 Å². The lowest BCUT2D eigenvalue weighted by Gasteiger charge is -2.11. The molecule has 0 saturated heterocycles. The second-order valence-electron chi connectivity index (χ2n) is 4.16. The number of aliphatic hydroxyl groups is 2. The van der Waals surface area contributed by atoms with Crippen molar-refractivity contribution in [2.75, 3.05) is 18.5 Å². The minimum Gasteiger partial charge on any atom is -0.457 e. The molecule has 0 fully saturated rings. The minimum atomic E-state index is -0.765. The molecule has 0 bridgehead atoms. The average Bonchev–Trinajstić information content (AvgIpc) is 2.46. The zero-order chi connectivity index (χ0) is 13.5. The van der Waals surface area contributed by atoms with Crippen LogP contribution in [0.1, 0.15) is 0 Å². The van der Waals surface area contributed by atoms with Crippen molar-refractivity contribution in [1.29, 1.82) is 0 Å². The number of aliphatic hydroxyl groups excluding tert-OH is 2. The predicted octanol–water partition coefficient (Wildman–Crippen LogP) is 2.24. The number of nitrogens with one attached hydrogen (secondary N) is 1. The van der Waals surface area contributed by atoms with E-state index in [2.05, 4.69) is 5.32 Å². The average molecular weight is 259 g/mol. The van der Waals surface area contributed by atoms with E-state index in [0.29, 0.717) is 6.54 Å². The summed E-state index contributed by atoms with van der Waals surface area (Å²) >= 11 is 0. The van der Waals surface area contributed by atoms with E-state index in [1.165, 1.54) is 0 Å². The van der Waals surface area contributed by atoms with Crippen LogP contribution in [0.4, 0.5) is 5.69 Å². The van der Waals surface area contributed by atoms with Gasteiger partial charge in [0.25, 0.3) is 0 Å². The molecule has 0 heterocycles. The molecule has 0 spiro atoms. The highest BCUT2D eigenvalue weighted by atomic mass is 16.5. The minimum absolute atomic E-state index is 0.257. The molecule has 4 nitrogen and oxygen atoms in total. The summed E-state index contributed by atoms with van der Waals surface area (Å²) in [4.78, 5) is 0.